The van der Waals surface area contributed by atoms with Crippen molar-refractivity contribution in [3.05, 3.63) is 59.7 Å². The number of rotatable bonds is 6. The number of carbonyl (C=O) groups excluding carboxylic acids is 2. The highest BCUT2D eigenvalue weighted by atomic mass is 16.2. The molecular formula is C20H25N3O2. The minimum atomic E-state index is -0.175. The summed E-state index contributed by atoms with van der Waals surface area (Å²) < 4.78 is 0. The predicted octanol–water partition coefficient (Wildman–Crippen LogP) is 3.49. The molecule has 0 saturated heterocycles. The summed E-state index contributed by atoms with van der Waals surface area (Å²) in [5.41, 5.74) is 2.84. The molecule has 132 valence electrons. The average molecular weight is 339 g/mol. The highest BCUT2D eigenvalue weighted by Crippen LogP contribution is 2.16. The van der Waals surface area contributed by atoms with Crippen molar-refractivity contribution in [1.82, 2.24) is 4.90 Å². The molecule has 5 heteroatoms. The zero-order chi connectivity index (χ0) is 18.4. The molecule has 0 spiro atoms. The number of hydrogen-bond acceptors (Lipinski definition) is 3. The molecule has 0 aliphatic carbocycles. The molecule has 2 aromatic carbocycles. The number of carbonyl (C=O) groups is 2. The molecule has 0 aliphatic heterocycles. The first-order valence-corrected chi connectivity index (χ1v) is 8.44. The van der Waals surface area contributed by atoms with Crippen molar-refractivity contribution in [1.29, 1.82) is 0 Å². The van der Waals surface area contributed by atoms with E-state index in [1.54, 1.807) is 35.2 Å². The van der Waals surface area contributed by atoms with Gasteiger partial charge in [-0.15, -0.1) is 0 Å². The first-order chi connectivity index (χ1) is 12.0. The highest BCUT2D eigenvalue weighted by Gasteiger charge is 2.13. The molecule has 2 aromatic rings. The lowest BCUT2D eigenvalue weighted by molar-refractivity contribution is 0.0773. The summed E-state index contributed by atoms with van der Waals surface area (Å²) in [6, 6.07) is 14.4. The van der Waals surface area contributed by atoms with E-state index >= 15 is 0 Å². The van der Waals surface area contributed by atoms with E-state index in [0.29, 0.717) is 29.9 Å². The quantitative estimate of drug-likeness (QED) is 0.876. The maximum Gasteiger partial charge on any atom is 0.255 e. The van der Waals surface area contributed by atoms with Gasteiger partial charge in [0.1, 0.15) is 0 Å². The fourth-order valence-corrected chi connectivity index (χ4v) is 2.52. The van der Waals surface area contributed by atoms with Crippen LogP contribution in [-0.4, -0.2) is 43.9 Å². The van der Waals surface area contributed by atoms with E-state index < -0.39 is 0 Å². The van der Waals surface area contributed by atoms with Crippen LogP contribution in [0.4, 0.5) is 11.4 Å². The largest absolute Gasteiger partial charge is 0.378 e. The van der Waals surface area contributed by atoms with Crippen LogP contribution >= 0.6 is 0 Å². The minimum Gasteiger partial charge on any atom is -0.378 e. The Bertz CT molecular complexity index is 735. The Morgan fingerprint density at radius 1 is 0.920 bits per heavy atom. The van der Waals surface area contributed by atoms with Crippen molar-refractivity contribution in [2.45, 2.75) is 13.8 Å². The summed E-state index contributed by atoms with van der Waals surface area (Å²) in [4.78, 5) is 28.4. The van der Waals surface area contributed by atoms with Gasteiger partial charge in [-0.25, -0.2) is 0 Å². The second-order valence-corrected chi connectivity index (χ2v) is 5.95. The van der Waals surface area contributed by atoms with Crippen molar-refractivity contribution in [2.24, 2.45) is 0 Å². The van der Waals surface area contributed by atoms with Crippen molar-refractivity contribution < 1.29 is 9.59 Å². The lowest BCUT2D eigenvalue weighted by Gasteiger charge is -2.18. The van der Waals surface area contributed by atoms with E-state index in [1.807, 2.05) is 51.0 Å². The Balaban J connectivity index is 2.09. The normalized spacial score (nSPS) is 10.2. The van der Waals surface area contributed by atoms with Gasteiger partial charge in [0, 0.05) is 49.7 Å². The van der Waals surface area contributed by atoms with Crippen LogP contribution in [0, 0.1) is 0 Å². The second kappa shape index (κ2) is 8.33. The van der Waals surface area contributed by atoms with Crippen LogP contribution in [-0.2, 0) is 0 Å². The number of hydrogen-bond donors (Lipinski definition) is 1. The van der Waals surface area contributed by atoms with Crippen LogP contribution in [0.15, 0.2) is 48.5 Å². The lowest BCUT2D eigenvalue weighted by atomic mass is 10.1. The zero-order valence-electron chi connectivity index (χ0n) is 15.2. The van der Waals surface area contributed by atoms with Gasteiger partial charge >= 0.3 is 0 Å². The van der Waals surface area contributed by atoms with Gasteiger partial charge in [-0.05, 0) is 56.3 Å². The van der Waals surface area contributed by atoms with E-state index in [4.69, 9.17) is 0 Å². The van der Waals surface area contributed by atoms with Gasteiger partial charge in [0.15, 0.2) is 0 Å². The Hall–Kier alpha value is -2.82. The summed E-state index contributed by atoms with van der Waals surface area (Å²) in [5, 5.41) is 2.87. The molecule has 0 radical (unpaired) electrons. The Morgan fingerprint density at radius 2 is 1.56 bits per heavy atom. The van der Waals surface area contributed by atoms with E-state index in [2.05, 4.69) is 5.32 Å². The molecule has 5 nitrogen and oxygen atoms in total. The Kier molecular flexibility index (Phi) is 6.17. The molecule has 0 heterocycles. The number of nitrogens with one attached hydrogen (secondary N) is 1. The maximum atomic E-state index is 12.4. The number of benzene rings is 2. The smallest absolute Gasteiger partial charge is 0.255 e. The SMILES string of the molecule is CCN(CC)C(=O)c1ccc(NC(=O)c2cccc(N(C)C)c2)cc1. The van der Waals surface area contributed by atoms with E-state index in [1.165, 1.54) is 0 Å². The van der Waals surface area contributed by atoms with Crippen LogP contribution < -0.4 is 10.2 Å². The van der Waals surface area contributed by atoms with Gasteiger partial charge < -0.3 is 15.1 Å². The Labute approximate surface area is 149 Å². The van der Waals surface area contributed by atoms with Crippen LogP contribution in [0.25, 0.3) is 0 Å². The van der Waals surface area contributed by atoms with E-state index in [9.17, 15) is 9.59 Å². The van der Waals surface area contributed by atoms with E-state index in [0.717, 1.165) is 5.69 Å². The third-order valence-electron chi connectivity index (χ3n) is 4.07. The van der Waals surface area contributed by atoms with Gasteiger partial charge in [0.05, 0.1) is 0 Å². The molecular weight excluding hydrogens is 314 g/mol. The van der Waals surface area contributed by atoms with Gasteiger partial charge in [0.2, 0.25) is 0 Å². The molecule has 0 aliphatic rings. The summed E-state index contributed by atoms with van der Waals surface area (Å²) >= 11 is 0. The molecule has 0 unspecified atom stereocenters. The van der Waals surface area contributed by atoms with Crippen LogP contribution in [0.3, 0.4) is 0 Å². The minimum absolute atomic E-state index is 0.00145. The molecule has 25 heavy (non-hydrogen) atoms. The fraction of sp³-hybridized carbons (Fsp3) is 0.300. The second-order valence-electron chi connectivity index (χ2n) is 5.95. The topological polar surface area (TPSA) is 52.7 Å². The number of nitrogens with zero attached hydrogens (tertiary/aromatic N) is 2. The summed E-state index contributed by atoms with van der Waals surface area (Å²) in [6.45, 7) is 5.27. The molecule has 1 N–H and O–H groups in total. The lowest BCUT2D eigenvalue weighted by Crippen LogP contribution is -2.30. The van der Waals surface area contributed by atoms with Crippen molar-refractivity contribution in [2.75, 3.05) is 37.4 Å². The zero-order valence-corrected chi connectivity index (χ0v) is 15.2. The third-order valence-corrected chi connectivity index (χ3v) is 4.07. The number of anilines is 2. The highest BCUT2D eigenvalue weighted by molar-refractivity contribution is 6.05. The average Bonchev–Trinajstić information content (AvgIpc) is 2.63. The van der Waals surface area contributed by atoms with Gasteiger partial charge in [-0.2, -0.15) is 0 Å². The molecule has 2 amide bonds. The molecule has 0 atom stereocenters. The van der Waals surface area contributed by atoms with Gasteiger partial charge in [-0.1, -0.05) is 6.07 Å². The van der Waals surface area contributed by atoms with Crippen LogP contribution in [0.1, 0.15) is 34.6 Å². The standard InChI is InChI=1S/C20H25N3O2/c1-5-23(6-2)20(25)15-10-12-17(13-11-15)21-19(24)16-8-7-9-18(14-16)22(3)4/h7-14H,5-6H2,1-4H3,(H,21,24). The van der Waals surface area contributed by atoms with Gasteiger partial charge in [-0.3, -0.25) is 9.59 Å². The molecule has 0 fully saturated rings. The molecule has 0 saturated carbocycles. The molecule has 0 bridgehead atoms. The summed E-state index contributed by atoms with van der Waals surface area (Å²) in [7, 11) is 3.87. The maximum absolute atomic E-state index is 12.4. The first kappa shape index (κ1) is 18.5. The summed E-state index contributed by atoms with van der Waals surface area (Å²) in [5.74, 6) is -0.173. The third kappa shape index (κ3) is 4.59. The summed E-state index contributed by atoms with van der Waals surface area (Å²) in [6.07, 6.45) is 0. The van der Waals surface area contributed by atoms with Crippen LogP contribution in [0.5, 0.6) is 0 Å². The van der Waals surface area contributed by atoms with Crippen molar-refractivity contribution in [3.63, 3.8) is 0 Å². The van der Waals surface area contributed by atoms with Crippen molar-refractivity contribution >= 4 is 23.2 Å². The predicted molar refractivity (Wildman–Crippen MR) is 102 cm³/mol. The monoisotopic (exact) mass is 339 g/mol. The van der Waals surface area contributed by atoms with E-state index in [-0.39, 0.29) is 11.8 Å². The first-order valence-electron chi connectivity index (χ1n) is 8.44. The fourth-order valence-electron chi connectivity index (χ4n) is 2.52. The molecule has 0 aromatic heterocycles. The molecule has 2 rings (SSSR count). The number of amides is 2. The Morgan fingerprint density at radius 3 is 2.12 bits per heavy atom. The van der Waals surface area contributed by atoms with Crippen LogP contribution in [0.2, 0.25) is 0 Å². The van der Waals surface area contributed by atoms with Gasteiger partial charge in [0.25, 0.3) is 11.8 Å². The van der Waals surface area contributed by atoms with Crippen molar-refractivity contribution in [3.8, 4) is 0 Å².